The van der Waals surface area contributed by atoms with Gasteiger partial charge in [-0.15, -0.1) is 0 Å². The molecule has 0 heterocycles. The molecule has 1 aromatic rings. The van der Waals surface area contributed by atoms with Crippen molar-refractivity contribution in [2.24, 2.45) is 11.5 Å². The van der Waals surface area contributed by atoms with Crippen molar-refractivity contribution in [3.8, 4) is 0 Å². The minimum Gasteiger partial charge on any atom is -0.481 e. The second-order valence-electron chi connectivity index (χ2n) is 8.02. The van der Waals surface area contributed by atoms with Crippen LogP contribution in [0.2, 0.25) is 0 Å². The Hall–Kier alpha value is -4.53. The van der Waals surface area contributed by atoms with Gasteiger partial charge in [-0.25, -0.2) is 4.79 Å². The van der Waals surface area contributed by atoms with E-state index in [2.05, 4.69) is 16.0 Å². The Morgan fingerprint density at radius 1 is 0.730 bits per heavy atom. The van der Waals surface area contributed by atoms with Crippen molar-refractivity contribution < 1.29 is 48.9 Å². The molecule has 4 amide bonds. The number of carbonyl (C=O) groups excluding carboxylic acids is 4. The third-order valence-electron chi connectivity index (χ3n) is 4.95. The van der Waals surface area contributed by atoms with Gasteiger partial charge in [-0.1, -0.05) is 30.3 Å². The Morgan fingerprint density at radius 3 is 1.78 bits per heavy atom. The zero-order chi connectivity index (χ0) is 28.1. The summed E-state index contributed by atoms with van der Waals surface area (Å²) in [6.45, 7) is 0. The van der Waals surface area contributed by atoms with E-state index in [1.165, 1.54) is 0 Å². The number of carboxylic acid groups (broad SMARTS) is 3. The SMILES string of the molecule is NC(=O)CC(N)C(=O)NC(CC(=O)O)C(=O)NC(Cc1ccccc1)C(=O)NC(CCC(=O)O)C(=O)O. The molecule has 37 heavy (non-hydrogen) atoms. The number of hydrogen-bond donors (Lipinski definition) is 8. The van der Waals surface area contributed by atoms with Gasteiger partial charge in [0.15, 0.2) is 0 Å². The fourth-order valence-electron chi connectivity index (χ4n) is 3.10. The molecule has 1 rings (SSSR count). The third-order valence-corrected chi connectivity index (χ3v) is 4.95. The van der Waals surface area contributed by atoms with Gasteiger partial charge >= 0.3 is 17.9 Å². The zero-order valence-corrected chi connectivity index (χ0v) is 19.6. The number of aliphatic carboxylic acids is 3. The zero-order valence-electron chi connectivity index (χ0n) is 19.6. The van der Waals surface area contributed by atoms with Crippen LogP contribution in [-0.4, -0.2) is 81.0 Å². The summed E-state index contributed by atoms with van der Waals surface area (Å²) in [5.74, 6) is -8.29. The van der Waals surface area contributed by atoms with Crippen molar-refractivity contribution in [3.05, 3.63) is 35.9 Å². The molecule has 0 radical (unpaired) electrons. The summed E-state index contributed by atoms with van der Waals surface area (Å²) in [5, 5.41) is 33.9. The molecule has 0 saturated carbocycles. The van der Waals surface area contributed by atoms with E-state index in [4.69, 9.17) is 21.7 Å². The maximum Gasteiger partial charge on any atom is 0.326 e. The minimum atomic E-state index is -1.71. The molecule has 202 valence electrons. The fourth-order valence-corrected chi connectivity index (χ4v) is 3.10. The van der Waals surface area contributed by atoms with E-state index in [-0.39, 0.29) is 6.42 Å². The van der Waals surface area contributed by atoms with Gasteiger partial charge in [-0.05, 0) is 12.0 Å². The summed E-state index contributed by atoms with van der Waals surface area (Å²) < 4.78 is 0. The standard InChI is InChI=1S/C22H29N5O10/c23-12(9-16(24)28)19(33)26-15(10-18(31)32)21(35)27-14(8-11-4-2-1-3-5-11)20(34)25-13(22(36)37)6-7-17(29)30/h1-5,12-15H,6-10,23H2,(H2,24,28)(H,25,34)(H,26,33)(H,27,35)(H,29,30)(H,31,32)(H,36,37). The third kappa shape index (κ3) is 11.6. The number of primary amides is 1. The molecule has 0 spiro atoms. The first-order chi connectivity index (χ1) is 17.3. The van der Waals surface area contributed by atoms with E-state index in [0.717, 1.165) is 0 Å². The first kappa shape index (κ1) is 30.5. The number of nitrogens with one attached hydrogen (secondary N) is 3. The predicted molar refractivity (Wildman–Crippen MR) is 124 cm³/mol. The highest BCUT2D eigenvalue weighted by molar-refractivity contribution is 5.96. The summed E-state index contributed by atoms with van der Waals surface area (Å²) >= 11 is 0. The number of carboxylic acids is 3. The van der Waals surface area contributed by atoms with Crippen LogP contribution in [0.5, 0.6) is 0 Å². The van der Waals surface area contributed by atoms with Crippen LogP contribution in [-0.2, 0) is 40.0 Å². The molecule has 0 aliphatic carbocycles. The quantitative estimate of drug-likeness (QED) is 0.110. The highest BCUT2D eigenvalue weighted by atomic mass is 16.4. The van der Waals surface area contributed by atoms with Gasteiger partial charge in [0.2, 0.25) is 23.6 Å². The monoisotopic (exact) mass is 523 g/mol. The lowest BCUT2D eigenvalue weighted by Gasteiger charge is -2.24. The number of nitrogens with two attached hydrogens (primary N) is 2. The Bertz CT molecular complexity index is 1020. The van der Waals surface area contributed by atoms with Crippen LogP contribution < -0.4 is 27.4 Å². The molecule has 15 nitrogen and oxygen atoms in total. The molecule has 0 aromatic heterocycles. The first-order valence-electron chi connectivity index (χ1n) is 11.0. The Morgan fingerprint density at radius 2 is 1.27 bits per heavy atom. The highest BCUT2D eigenvalue weighted by Gasteiger charge is 2.32. The van der Waals surface area contributed by atoms with Gasteiger partial charge in [0.25, 0.3) is 0 Å². The predicted octanol–water partition coefficient (Wildman–Crippen LogP) is -2.69. The van der Waals surface area contributed by atoms with Crippen molar-refractivity contribution >= 4 is 41.5 Å². The lowest BCUT2D eigenvalue weighted by molar-refractivity contribution is -0.144. The smallest absolute Gasteiger partial charge is 0.326 e. The summed E-state index contributed by atoms with van der Waals surface area (Å²) in [7, 11) is 0. The topological polar surface area (TPSA) is 268 Å². The maximum atomic E-state index is 12.9. The molecule has 0 saturated heterocycles. The molecule has 15 heteroatoms. The Balaban J connectivity index is 3.13. The van der Waals surface area contributed by atoms with Gasteiger partial charge in [-0.2, -0.15) is 0 Å². The molecule has 0 aliphatic heterocycles. The van der Waals surface area contributed by atoms with Crippen molar-refractivity contribution in [3.63, 3.8) is 0 Å². The van der Waals surface area contributed by atoms with Crippen LogP contribution >= 0.6 is 0 Å². The maximum absolute atomic E-state index is 12.9. The normalized spacial score (nSPS) is 13.8. The molecule has 1 aromatic carbocycles. The molecular weight excluding hydrogens is 494 g/mol. The second-order valence-corrected chi connectivity index (χ2v) is 8.02. The summed E-state index contributed by atoms with van der Waals surface area (Å²) in [6, 6.07) is 2.02. The van der Waals surface area contributed by atoms with Crippen molar-refractivity contribution in [1.29, 1.82) is 0 Å². The summed E-state index contributed by atoms with van der Waals surface area (Å²) in [5.41, 5.74) is 11.1. The fraction of sp³-hybridized carbons (Fsp3) is 0.409. The summed E-state index contributed by atoms with van der Waals surface area (Å²) in [6.07, 6.45) is -2.61. The van der Waals surface area contributed by atoms with Crippen molar-refractivity contribution in [2.45, 2.75) is 56.3 Å². The molecule has 0 fully saturated rings. The van der Waals surface area contributed by atoms with Crippen molar-refractivity contribution in [2.75, 3.05) is 0 Å². The minimum absolute atomic E-state index is 0.154. The number of rotatable bonds is 16. The van der Waals surface area contributed by atoms with Crippen LogP contribution in [0.1, 0.15) is 31.2 Å². The lowest BCUT2D eigenvalue weighted by Crippen LogP contribution is -2.58. The Labute approximate surface area is 210 Å². The number of hydrogen-bond acceptors (Lipinski definition) is 8. The molecule has 4 atom stereocenters. The molecule has 0 bridgehead atoms. The summed E-state index contributed by atoms with van der Waals surface area (Å²) in [4.78, 5) is 82.6. The molecule has 0 aliphatic rings. The first-order valence-corrected chi connectivity index (χ1v) is 11.0. The van der Waals surface area contributed by atoms with E-state index >= 15 is 0 Å². The van der Waals surface area contributed by atoms with Crippen LogP contribution in [0.3, 0.4) is 0 Å². The van der Waals surface area contributed by atoms with E-state index in [1.54, 1.807) is 30.3 Å². The van der Waals surface area contributed by atoms with Crippen LogP contribution in [0.25, 0.3) is 0 Å². The highest BCUT2D eigenvalue weighted by Crippen LogP contribution is 2.07. The largest absolute Gasteiger partial charge is 0.481 e. The van der Waals surface area contributed by atoms with Crippen molar-refractivity contribution in [1.82, 2.24) is 16.0 Å². The number of amides is 4. The van der Waals surface area contributed by atoms with Gasteiger partial charge < -0.3 is 42.7 Å². The molecular formula is C22H29N5O10. The molecule has 10 N–H and O–H groups in total. The van der Waals surface area contributed by atoms with Crippen LogP contribution in [0.15, 0.2) is 30.3 Å². The van der Waals surface area contributed by atoms with Crippen LogP contribution in [0.4, 0.5) is 0 Å². The van der Waals surface area contributed by atoms with E-state index in [9.17, 15) is 38.7 Å². The Kier molecular flexibility index (Phi) is 12.2. The van der Waals surface area contributed by atoms with E-state index in [1.807, 2.05) is 0 Å². The van der Waals surface area contributed by atoms with E-state index in [0.29, 0.717) is 5.56 Å². The van der Waals surface area contributed by atoms with Gasteiger partial charge in [0.1, 0.15) is 18.1 Å². The number of benzene rings is 1. The van der Waals surface area contributed by atoms with Crippen LogP contribution in [0, 0.1) is 0 Å². The van der Waals surface area contributed by atoms with Gasteiger partial charge in [0.05, 0.1) is 18.9 Å². The van der Waals surface area contributed by atoms with Gasteiger partial charge in [0, 0.05) is 12.8 Å². The average molecular weight is 523 g/mol. The van der Waals surface area contributed by atoms with Gasteiger partial charge in [-0.3, -0.25) is 28.8 Å². The second kappa shape index (κ2) is 14.8. The number of carbonyl (C=O) groups is 7. The van der Waals surface area contributed by atoms with E-state index < -0.39 is 91.4 Å². The average Bonchev–Trinajstić information content (AvgIpc) is 2.80. The molecule has 4 unspecified atom stereocenters. The lowest BCUT2D eigenvalue weighted by atomic mass is 10.0.